The van der Waals surface area contributed by atoms with Gasteiger partial charge in [0.05, 0.1) is 0 Å². The number of aliphatic hydroxyl groups is 1. The molecule has 14 heavy (non-hydrogen) atoms. The molecule has 4 heteroatoms. The molecule has 0 spiro atoms. The van der Waals surface area contributed by atoms with E-state index in [4.69, 9.17) is 28.3 Å². The summed E-state index contributed by atoms with van der Waals surface area (Å²) in [6.07, 6.45) is 2.34. The van der Waals surface area contributed by atoms with Crippen LogP contribution in [-0.4, -0.2) is 16.7 Å². The van der Waals surface area contributed by atoms with Crippen LogP contribution in [0.4, 0.5) is 0 Å². The molecule has 2 nitrogen and oxygen atoms in total. The number of rotatable bonds is 3. The Bertz CT molecular complexity index is 326. The predicted molar refractivity (Wildman–Crippen MR) is 58.8 cm³/mol. The summed E-state index contributed by atoms with van der Waals surface area (Å²) < 4.78 is 0. The Morgan fingerprint density at radius 1 is 1.43 bits per heavy atom. The van der Waals surface area contributed by atoms with Gasteiger partial charge in [0.1, 0.15) is 5.15 Å². The van der Waals surface area contributed by atoms with E-state index in [1.807, 2.05) is 13.8 Å². The monoisotopic (exact) mass is 233 g/mol. The van der Waals surface area contributed by atoms with Crippen LogP contribution < -0.4 is 0 Å². The number of halogens is 2. The second kappa shape index (κ2) is 4.47. The molecule has 0 aliphatic heterocycles. The molecule has 1 aromatic rings. The second-order valence-electron chi connectivity index (χ2n) is 4.10. The SMILES string of the molecule is CC(C)(CO)Cc1cnc(Cl)cc1Cl. The standard InChI is InChI=1S/C10H13Cl2NO/c1-10(2,6-14)4-7-5-13-9(12)3-8(7)11/h3,5,14H,4,6H2,1-2H3. The van der Waals surface area contributed by atoms with Crippen molar-refractivity contribution in [2.24, 2.45) is 5.41 Å². The van der Waals surface area contributed by atoms with Crippen LogP contribution in [-0.2, 0) is 6.42 Å². The summed E-state index contributed by atoms with van der Waals surface area (Å²) in [7, 11) is 0. The van der Waals surface area contributed by atoms with Gasteiger partial charge in [0.15, 0.2) is 0 Å². The molecule has 0 aromatic carbocycles. The summed E-state index contributed by atoms with van der Waals surface area (Å²) in [4.78, 5) is 3.96. The quantitative estimate of drug-likeness (QED) is 0.815. The molecule has 0 fully saturated rings. The molecule has 1 rings (SSSR count). The van der Waals surface area contributed by atoms with Crippen LogP contribution in [0.15, 0.2) is 12.3 Å². The highest BCUT2D eigenvalue weighted by Crippen LogP contribution is 2.26. The molecule has 0 bridgehead atoms. The summed E-state index contributed by atoms with van der Waals surface area (Å²) in [5.41, 5.74) is 0.731. The van der Waals surface area contributed by atoms with E-state index in [0.29, 0.717) is 16.6 Å². The third kappa shape index (κ3) is 3.12. The van der Waals surface area contributed by atoms with Crippen molar-refractivity contribution in [3.8, 4) is 0 Å². The van der Waals surface area contributed by atoms with E-state index in [1.165, 1.54) is 0 Å². The number of hydrogen-bond donors (Lipinski definition) is 1. The van der Waals surface area contributed by atoms with Crippen molar-refractivity contribution in [1.29, 1.82) is 0 Å². The summed E-state index contributed by atoms with van der Waals surface area (Å²) in [5.74, 6) is 0. The van der Waals surface area contributed by atoms with Gasteiger partial charge in [0.2, 0.25) is 0 Å². The van der Waals surface area contributed by atoms with E-state index in [-0.39, 0.29) is 12.0 Å². The number of aliphatic hydroxyl groups excluding tert-OH is 1. The number of aromatic nitrogens is 1. The Hall–Kier alpha value is -0.310. The highest BCUT2D eigenvalue weighted by Gasteiger charge is 2.18. The van der Waals surface area contributed by atoms with E-state index in [0.717, 1.165) is 5.56 Å². The van der Waals surface area contributed by atoms with Crippen LogP contribution in [0.2, 0.25) is 10.2 Å². The number of nitrogens with zero attached hydrogens (tertiary/aromatic N) is 1. The van der Waals surface area contributed by atoms with Gasteiger partial charge in [-0.1, -0.05) is 37.0 Å². The van der Waals surface area contributed by atoms with Crippen molar-refractivity contribution < 1.29 is 5.11 Å². The lowest BCUT2D eigenvalue weighted by molar-refractivity contribution is 0.159. The zero-order chi connectivity index (χ0) is 10.8. The van der Waals surface area contributed by atoms with Crippen LogP contribution in [0.1, 0.15) is 19.4 Å². The first-order valence-electron chi connectivity index (χ1n) is 4.35. The molecule has 0 aliphatic carbocycles. The highest BCUT2D eigenvalue weighted by molar-refractivity contribution is 6.34. The van der Waals surface area contributed by atoms with Crippen molar-refractivity contribution in [3.05, 3.63) is 28.0 Å². The van der Waals surface area contributed by atoms with Crippen LogP contribution in [0.25, 0.3) is 0 Å². The number of hydrogen-bond acceptors (Lipinski definition) is 2. The van der Waals surface area contributed by atoms with Crippen molar-refractivity contribution in [2.45, 2.75) is 20.3 Å². The predicted octanol–water partition coefficient (Wildman–Crippen LogP) is 2.95. The van der Waals surface area contributed by atoms with Crippen LogP contribution >= 0.6 is 23.2 Å². The van der Waals surface area contributed by atoms with Crippen LogP contribution in [0.3, 0.4) is 0 Å². The first-order valence-corrected chi connectivity index (χ1v) is 5.11. The molecule has 0 amide bonds. The van der Waals surface area contributed by atoms with E-state index in [1.54, 1.807) is 12.3 Å². The van der Waals surface area contributed by atoms with E-state index in [9.17, 15) is 0 Å². The van der Waals surface area contributed by atoms with Crippen molar-refractivity contribution in [3.63, 3.8) is 0 Å². The zero-order valence-corrected chi connectivity index (χ0v) is 9.73. The summed E-state index contributed by atoms with van der Waals surface area (Å²) in [6.45, 7) is 4.06. The summed E-state index contributed by atoms with van der Waals surface area (Å²) in [5, 5.41) is 10.1. The minimum atomic E-state index is -0.181. The van der Waals surface area contributed by atoms with Gasteiger partial charge in [-0.25, -0.2) is 4.98 Å². The first kappa shape index (κ1) is 11.8. The van der Waals surface area contributed by atoms with Gasteiger partial charge < -0.3 is 5.11 Å². The Morgan fingerprint density at radius 3 is 2.57 bits per heavy atom. The molecule has 1 aromatic heterocycles. The Labute approximate surface area is 93.9 Å². The minimum absolute atomic E-state index is 0.117. The number of pyridine rings is 1. The lowest BCUT2D eigenvalue weighted by Gasteiger charge is -2.21. The Balaban J connectivity index is 2.87. The Morgan fingerprint density at radius 2 is 2.07 bits per heavy atom. The smallest absolute Gasteiger partial charge is 0.130 e. The van der Waals surface area contributed by atoms with Crippen LogP contribution in [0, 0.1) is 5.41 Å². The molecule has 0 aliphatic rings. The fraction of sp³-hybridized carbons (Fsp3) is 0.500. The third-order valence-corrected chi connectivity index (χ3v) is 2.55. The van der Waals surface area contributed by atoms with Crippen LogP contribution in [0.5, 0.6) is 0 Å². The van der Waals surface area contributed by atoms with Crippen molar-refractivity contribution in [1.82, 2.24) is 4.98 Å². The van der Waals surface area contributed by atoms with Crippen molar-refractivity contribution >= 4 is 23.2 Å². The third-order valence-electron chi connectivity index (χ3n) is 1.99. The maximum absolute atomic E-state index is 9.11. The van der Waals surface area contributed by atoms with Gasteiger partial charge in [-0.05, 0) is 23.5 Å². The normalized spacial score (nSPS) is 11.8. The fourth-order valence-corrected chi connectivity index (χ4v) is 1.57. The molecular formula is C10H13Cl2NO. The molecular weight excluding hydrogens is 221 g/mol. The van der Waals surface area contributed by atoms with E-state index in [2.05, 4.69) is 4.98 Å². The second-order valence-corrected chi connectivity index (χ2v) is 4.89. The van der Waals surface area contributed by atoms with Gasteiger partial charge in [-0.3, -0.25) is 0 Å². The average Bonchev–Trinajstić information content (AvgIpc) is 2.10. The Kier molecular flexibility index (Phi) is 3.76. The lowest BCUT2D eigenvalue weighted by atomic mass is 9.87. The zero-order valence-electron chi connectivity index (χ0n) is 8.22. The molecule has 0 radical (unpaired) electrons. The van der Waals surface area contributed by atoms with Gasteiger partial charge >= 0.3 is 0 Å². The minimum Gasteiger partial charge on any atom is -0.396 e. The summed E-state index contributed by atoms with van der Waals surface area (Å²) in [6, 6.07) is 1.62. The van der Waals surface area contributed by atoms with Gasteiger partial charge in [0.25, 0.3) is 0 Å². The largest absolute Gasteiger partial charge is 0.396 e. The fourth-order valence-electron chi connectivity index (χ4n) is 1.14. The maximum atomic E-state index is 9.11. The topological polar surface area (TPSA) is 33.1 Å². The first-order chi connectivity index (χ1) is 6.44. The molecule has 0 saturated heterocycles. The molecule has 0 atom stereocenters. The molecule has 1 N–H and O–H groups in total. The maximum Gasteiger partial charge on any atom is 0.130 e. The molecule has 0 saturated carbocycles. The van der Waals surface area contributed by atoms with E-state index >= 15 is 0 Å². The highest BCUT2D eigenvalue weighted by atomic mass is 35.5. The summed E-state index contributed by atoms with van der Waals surface area (Å²) >= 11 is 11.7. The van der Waals surface area contributed by atoms with Crippen molar-refractivity contribution in [2.75, 3.05) is 6.61 Å². The molecule has 78 valence electrons. The van der Waals surface area contributed by atoms with Gasteiger partial charge in [-0.15, -0.1) is 0 Å². The van der Waals surface area contributed by atoms with Gasteiger partial charge in [0, 0.05) is 17.8 Å². The van der Waals surface area contributed by atoms with Gasteiger partial charge in [-0.2, -0.15) is 0 Å². The molecule has 1 heterocycles. The van der Waals surface area contributed by atoms with E-state index < -0.39 is 0 Å². The lowest BCUT2D eigenvalue weighted by Crippen LogP contribution is -2.20. The average molecular weight is 234 g/mol. The molecule has 0 unspecified atom stereocenters.